The maximum absolute atomic E-state index is 6.29. The molecule has 38 heavy (non-hydrogen) atoms. The number of hydrogen-bond donors (Lipinski definition) is 0. The van der Waals surface area contributed by atoms with Crippen LogP contribution in [-0.2, 0) is 6.42 Å². The van der Waals surface area contributed by atoms with Crippen molar-refractivity contribution in [3.8, 4) is 39.4 Å². The predicted octanol–water partition coefficient (Wildman–Crippen LogP) is 9.33. The molecule has 0 saturated carbocycles. The fourth-order valence-electron chi connectivity index (χ4n) is 5.77. The SMILES string of the molecule is CCc1nc2cccc3c2n1-c1cc(-c2ccc4cc(-c5ccc6ccccc6c5)ccc4c2)ccc1O3. The lowest BCUT2D eigenvalue weighted by Gasteiger charge is -2.21. The van der Waals surface area contributed by atoms with Crippen LogP contribution in [0.1, 0.15) is 12.7 Å². The van der Waals surface area contributed by atoms with E-state index in [0.29, 0.717) is 0 Å². The number of ether oxygens (including phenoxy) is 1. The van der Waals surface area contributed by atoms with Gasteiger partial charge in [-0.15, -0.1) is 0 Å². The van der Waals surface area contributed by atoms with Gasteiger partial charge in [0.15, 0.2) is 11.5 Å². The predicted molar refractivity (Wildman–Crippen MR) is 156 cm³/mol. The molecule has 1 aliphatic heterocycles. The van der Waals surface area contributed by atoms with E-state index < -0.39 is 0 Å². The van der Waals surface area contributed by atoms with Gasteiger partial charge in [-0.25, -0.2) is 4.98 Å². The van der Waals surface area contributed by atoms with Gasteiger partial charge in [-0.2, -0.15) is 0 Å². The van der Waals surface area contributed by atoms with Crippen LogP contribution in [0.2, 0.25) is 0 Å². The lowest BCUT2D eigenvalue weighted by molar-refractivity contribution is 0.474. The van der Waals surface area contributed by atoms with E-state index in [1.54, 1.807) is 0 Å². The average molecular weight is 489 g/mol. The molecular weight excluding hydrogens is 464 g/mol. The largest absolute Gasteiger partial charge is 0.453 e. The molecule has 0 fully saturated rings. The molecule has 0 saturated heterocycles. The van der Waals surface area contributed by atoms with E-state index in [0.717, 1.165) is 46.0 Å². The minimum absolute atomic E-state index is 0.854. The zero-order valence-corrected chi connectivity index (χ0v) is 21.0. The number of aromatic nitrogens is 2. The maximum atomic E-state index is 6.29. The van der Waals surface area contributed by atoms with E-state index in [-0.39, 0.29) is 0 Å². The monoisotopic (exact) mass is 488 g/mol. The summed E-state index contributed by atoms with van der Waals surface area (Å²) in [6, 6.07) is 41.2. The third kappa shape index (κ3) is 3.18. The van der Waals surface area contributed by atoms with Crippen molar-refractivity contribution in [2.45, 2.75) is 13.3 Å². The van der Waals surface area contributed by atoms with Gasteiger partial charge in [0.2, 0.25) is 0 Å². The van der Waals surface area contributed by atoms with Gasteiger partial charge in [-0.05, 0) is 86.3 Å². The molecule has 3 nitrogen and oxygen atoms in total. The molecule has 1 aliphatic rings. The molecule has 0 spiro atoms. The molecule has 2 heterocycles. The highest BCUT2D eigenvalue weighted by atomic mass is 16.5. The Morgan fingerprint density at radius 1 is 0.579 bits per heavy atom. The normalized spacial score (nSPS) is 12.1. The first kappa shape index (κ1) is 21.2. The van der Waals surface area contributed by atoms with Crippen LogP contribution in [0.3, 0.4) is 0 Å². The molecule has 7 aromatic rings. The fraction of sp³-hybridized carbons (Fsp3) is 0.0571. The smallest absolute Gasteiger partial charge is 0.153 e. The van der Waals surface area contributed by atoms with E-state index >= 15 is 0 Å². The molecule has 6 aromatic carbocycles. The Balaban J connectivity index is 1.21. The Morgan fingerprint density at radius 3 is 1.89 bits per heavy atom. The van der Waals surface area contributed by atoms with E-state index in [1.807, 2.05) is 12.1 Å². The highest BCUT2D eigenvalue weighted by Crippen LogP contribution is 2.43. The summed E-state index contributed by atoms with van der Waals surface area (Å²) in [6.07, 6.45) is 0.854. The number of fused-ring (bicyclic) bond motifs is 4. The summed E-state index contributed by atoms with van der Waals surface area (Å²) in [5.74, 6) is 2.78. The van der Waals surface area contributed by atoms with Crippen LogP contribution in [0.4, 0.5) is 0 Å². The summed E-state index contributed by atoms with van der Waals surface area (Å²) in [7, 11) is 0. The zero-order chi connectivity index (χ0) is 25.2. The number of hydrogen-bond acceptors (Lipinski definition) is 2. The van der Waals surface area contributed by atoms with Gasteiger partial charge >= 0.3 is 0 Å². The Kier molecular flexibility index (Phi) is 4.50. The topological polar surface area (TPSA) is 27.1 Å². The molecule has 0 unspecified atom stereocenters. The average Bonchev–Trinajstić information content (AvgIpc) is 3.37. The van der Waals surface area contributed by atoms with Gasteiger partial charge in [-0.3, -0.25) is 4.57 Å². The summed E-state index contributed by atoms with van der Waals surface area (Å²) in [5.41, 5.74) is 7.90. The van der Waals surface area contributed by atoms with Crippen LogP contribution < -0.4 is 4.74 Å². The summed E-state index contributed by atoms with van der Waals surface area (Å²) in [6.45, 7) is 2.15. The van der Waals surface area contributed by atoms with Gasteiger partial charge in [0.05, 0.1) is 11.2 Å². The van der Waals surface area contributed by atoms with E-state index in [9.17, 15) is 0 Å². The van der Waals surface area contributed by atoms with Gasteiger partial charge in [0.1, 0.15) is 11.3 Å². The molecule has 0 amide bonds. The Hall–Kier alpha value is -4.89. The first-order valence-corrected chi connectivity index (χ1v) is 13.1. The molecule has 0 aliphatic carbocycles. The Bertz CT molecular complexity index is 2050. The van der Waals surface area contributed by atoms with E-state index in [2.05, 4.69) is 115 Å². The van der Waals surface area contributed by atoms with Gasteiger partial charge in [0.25, 0.3) is 0 Å². The number of para-hydroxylation sites is 1. The molecule has 180 valence electrons. The first-order chi connectivity index (χ1) is 18.7. The summed E-state index contributed by atoms with van der Waals surface area (Å²) in [5, 5.41) is 4.99. The molecular formula is C35H24N2O. The van der Waals surface area contributed by atoms with Crippen LogP contribution >= 0.6 is 0 Å². The number of benzene rings is 6. The molecule has 8 rings (SSSR count). The molecule has 0 N–H and O–H groups in total. The minimum atomic E-state index is 0.854. The lowest BCUT2D eigenvalue weighted by atomic mass is 9.96. The molecule has 3 heteroatoms. The van der Waals surface area contributed by atoms with Crippen molar-refractivity contribution in [2.24, 2.45) is 0 Å². The second-order valence-electron chi connectivity index (χ2n) is 9.96. The highest BCUT2D eigenvalue weighted by molar-refractivity contribution is 5.94. The summed E-state index contributed by atoms with van der Waals surface area (Å²) in [4.78, 5) is 4.88. The van der Waals surface area contributed by atoms with Gasteiger partial charge in [0, 0.05) is 6.42 Å². The lowest BCUT2D eigenvalue weighted by Crippen LogP contribution is -2.07. The van der Waals surface area contributed by atoms with Crippen LogP contribution in [0.25, 0.3) is 60.5 Å². The minimum Gasteiger partial charge on any atom is -0.453 e. The zero-order valence-electron chi connectivity index (χ0n) is 21.0. The molecule has 0 bridgehead atoms. The standard InChI is InChI=1S/C35H24N2O/c1-2-34-36-30-8-5-9-33-35(30)37(34)31-21-29(16-17-32(31)38-33)28-15-14-26-19-25(12-13-27(26)20-28)24-11-10-22-6-3-4-7-23(22)18-24/h3-21H,2H2,1H3. The number of nitrogens with zero attached hydrogens (tertiary/aromatic N) is 2. The van der Waals surface area contributed by atoms with E-state index in [4.69, 9.17) is 9.72 Å². The van der Waals surface area contributed by atoms with Crippen molar-refractivity contribution in [1.82, 2.24) is 9.55 Å². The van der Waals surface area contributed by atoms with E-state index in [1.165, 1.54) is 38.2 Å². The van der Waals surface area contributed by atoms with Crippen molar-refractivity contribution >= 4 is 32.6 Å². The third-order valence-corrected chi connectivity index (χ3v) is 7.70. The fourth-order valence-corrected chi connectivity index (χ4v) is 5.77. The molecule has 0 radical (unpaired) electrons. The number of imidazole rings is 1. The maximum Gasteiger partial charge on any atom is 0.153 e. The molecule has 1 aromatic heterocycles. The Morgan fingerprint density at radius 2 is 1.18 bits per heavy atom. The van der Waals surface area contributed by atoms with Crippen LogP contribution in [-0.4, -0.2) is 9.55 Å². The van der Waals surface area contributed by atoms with Gasteiger partial charge in [-0.1, -0.05) is 79.7 Å². The van der Waals surface area contributed by atoms with Crippen molar-refractivity contribution in [1.29, 1.82) is 0 Å². The first-order valence-electron chi connectivity index (χ1n) is 13.1. The molecule has 0 atom stereocenters. The quantitative estimate of drug-likeness (QED) is 0.248. The van der Waals surface area contributed by atoms with Crippen LogP contribution in [0.5, 0.6) is 11.5 Å². The summed E-state index contributed by atoms with van der Waals surface area (Å²) >= 11 is 0. The second kappa shape index (κ2) is 8.06. The number of aryl methyl sites for hydroxylation is 1. The second-order valence-corrected chi connectivity index (χ2v) is 9.96. The van der Waals surface area contributed by atoms with Crippen molar-refractivity contribution in [3.05, 3.63) is 121 Å². The number of rotatable bonds is 3. The Labute approximate surface area is 220 Å². The van der Waals surface area contributed by atoms with Crippen LogP contribution in [0, 0.1) is 0 Å². The van der Waals surface area contributed by atoms with Crippen molar-refractivity contribution in [2.75, 3.05) is 0 Å². The van der Waals surface area contributed by atoms with Gasteiger partial charge < -0.3 is 4.74 Å². The van der Waals surface area contributed by atoms with Crippen molar-refractivity contribution < 1.29 is 4.74 Å². The summed E-state index contributed by atoms with van der Waals surface area (Å²) < 4.78 is 8.56. The third-order valence-electron chi connectivity index (χ3n) is 7.70. The van der Waals surface area contributed by atoms with Crippen molar-refractivity contribution in [3.63, 3.8) is 0 Å². The van der Waals surface area contributed by atoms with Crippen LogP contribution in [0.15, 0.2) is 115 Å². The highest BCUT2D eigenvalue weighted by Gasteiger charge is 2.24.